The fraction of sp³-hybridized carbons (Fsp3) is 0.538. The number of aryl methyl sites for hydroxylation is 2. The van der Waals surface area contributed by atoms with Crippen LogP contribution in [0.1, 0.15) is 43.4 Å². The first-order valence-electron chi connectivity index (χ1n) is 5.09. The van der Waals surface area contributed by atoms with Crippen LogP contribution in [0.25, 0.3) is 0 Å². The van der Waals surface area contributed by atoms with Gasteiger partial charge in [-0.1, -0.05) is 44.5 Å². The number of benzene rings is 1. The highest BCUT2D eigenvalue weighted by Crippen LogP contribution is 2.26. The zero-order valence-corrected chi connectivity index (χ0v) is 9.39. The molecule has 1 unspecified atom stereocenters. The van der Waals surface area contributed by atoms with Gasteiger partial charge in [0.1, 0.15) is 0 Å². The van der Waals surface area contributed by atoms with E-state index in [0.717, 1.165) is 5.92 Å². The minimum absolute atomic E-state index is 0.667. The predicted octanol–water partition coefficient (Wildman–Crippen LogP) is 4.06. The molecule has 0 radical (unpaired) electrons. The average molecular weight is 176 g/mol. The Hall–Kier alpha value is -0.780. The Kier molecular flexibility index (Phi) is 3.13. The molecule has 0 heteroatoms. The highest BCUT2D eigenvalue weighted by atomic mass is 14.2. The van der Waals surface area contributed by atoms with Crippen molar-refractivity contribution in [3.05, 3.63) is 34.9 Å². The van der Waals surface area contributed by atoms with Crippen molar-refractivity contribution >= 4 is 0 Å². The topological polar surface area (TPSA) is 0 Å². The van der Waals surface area contributed by atoms with E-state index in [4.69, 9.17) is 0 Å². The quantitative estimate of drug-likeness (QED) is 0.637. The largest absolute Gasteiger partial charge is 0.0622 e. The highest BCUT2D eigenvalue weighted by molar-refractivity contribution is 5.32. The second-order valence-corrected chi connectivity index (χ2v) is 4.39. The Balaban J connectivity index is 3.01. The summed E-state index contributed by atoms with van der Waals surface area (Å²) in [6, 6.07) is 6.75. The summed E-state index contributed by atoms with van der Waals surface area (Å²) in [6.45, 7) is 11.2. The summed E-state index contributed by atoms with van der Waals surface area (Å²) in [5.41, 5.74) is 4.29. The van der Waals surface area contributed by atoms with E-state index in [1.807, 2.05) is 0 Å². The molecule has 1 atom stereocenters. The molecule has 0 fully saturated rings. The third-order valence-electron chi connectivity index (χ3n) is 2.92. The van der Waals surface area contributed by atoms with Gasteiger partial charge >= 0.3 is 0 Å². The summed E-state index contributed by atoms with van der Waals surface area (Å²) in [5.74, 6) is 1.39. The molecule has 0 aliphatic carbocycles. The van der Waals surface area contributed by atoms with Gasteiger partial charge in [-0.3, -0.25) is 0 Å². The van der Waals surface area contributed by atoms with Crippen LogP contribution in [0.5, 0.6) is 0 Å². The van der Waals surface area contributed by atoms with Crippen LogP contribution in [-0.2, 0) is 0 Å². The molecule has 0 spiro atoms. The van der Waals surface area contributed by atoms with Crippen molar-refractivity contribution in [3.8, 4) is 0 Å². The van der Waals surface area contributed by atoms with Gasteiger partial charge in [-0.25, -0.2) is 0 Å². The lowest BCUT2D eigenvalue weighted by molar-refractivity contribution is 0.533. The van der Waals surface area contributed by atoms with Crippen LogP contribution in [0.15, 0.2) is 18.2 Å². The van der Waals surface area contributed by atoms with Crippen molar-refractivity contribution < 1.29 is 0 Å². The van der Waals surface area contributed by atoms with Gasteiger partial charge in [0.2, 0.25) is 0 Å². The Morgan fingerprint density at radius 3 is 2.08 bits per heavy atom. The molecule has 0 aromatic heterocycles. The van der Waals surface area contributed by atoms with Crippen molar-refractivity contribution in [2.24, 2.45) is 5.92 Å². The molecule has 1 aromatic rings. The van der Waals surface area contributed by atoms with E-state index in [2.05, 4.69) is 52.8 Å². The van der Waals surface area contributed by atoms with E-state index in [-0.39, 0.29) is 0 Å². The van der Waals surface area contributed by atoms with Crippen LogP contribution >= 0.6 is 0 Å². The molecular weight excluding hydrogens is 156 g/mol. The highest BCUT2D eigenvalue weighted by Gasteiger charge is 2.11. The molecule has 1 rings (SSSR count). The normalized spacial score (nSPS) is 13.4. The Morgan fingerprint density at radius 1 is 1.00 bits per heavy atom. The molecule has 1 aromatic carbocycles. The second-order valence-electron chi connectivity index (χ2n) is 4.39. The van der Waals surface area contributed by atoms with Crippen molar-refractivity contribution in [1.82, 2.24) is 0 Å². The molecule has 0 N–H and O–H groups in total. The number of hydrogen-bond donors (Lipinski definition) is 0. The summed E-state index contributed by atoms with van der Waals surface area (Å²) in [5, 5.41) is 0. The molecule has 0 amide bonds. The third kappa shape index (κ3) is 2.33. The van der Waals surface area contributed by atoms with Crippen molar-refractivity contribution in [2.75, 3.05) is 0 Å². The molecule has 72 valence electrons. The second kappa shape index (κ2) is 3.95. The average Bonchev–Trinajstić information content (AvgIpc) is 2.03. The van der Waals surface area contributed by atoms with Gasteiger partial charge in [0.05, 0.1) is 0 Å². The first-order valence-corrected chi connectivity index (χ1v) is 5.09. The lowest BCUT2D eigenvalue weighted by Crippen LogP contribution is -2.04. The summed E-state index contributed by atoms with van der Waals surface area (Å²) >= 11 is 0. The van der Waals surface area contributed by atoms with Gasteiger partial charge in [0.25, 0.3) is 0 Å². The molecular formula is C13H20. The minimum Gasteiger partial charge on any atom is -0.0622 e. The minimum atomic E-state index is 0.667. The lowest BCUT2D eigenvalue weighted by Gasteiger charge is -2.18. The van der Waals surface area contributed by atoms with E-state index in [0.29, 0.717) is 5.92 Å². The van der Waals surface area contributed by atoms with E-state index in [1.165, 1.54) is 16.7 Å². The molecule has 0 aliphatic rings. The van der Waals surface area contributed by atoms with Gasteiger partial charge < -0.3 is 0 Å². The van der Waals surface area contributed by atoms with Gasteiger partial charge in [-0.05, 0) is 36.8 Å². The summed E-state index contributed by atoms with van der Waals surface area (Å²) in [6.07, 6.45) is 0. The first-order chi connectivity index (χ1) is 6.02. The van der Waals surface area contributed by atoms with Gasteiger partial charge in [-0.15, -0.1) is 0 Å². The fourth-order valence-corrected chi connectivity index (χ4v) is 1.70. The van der Waals surface area contributed by atoms with Crippen LogP contribution < -0.4 is 0 Å². The summed E-state index contributed by atoms with van der Waals surface area (Å²) < 4.78 is 0. The number of hydrogen-bond acceptors (Lipinski definition) is 0. The summed E-state index contributed by atoms with van der Waals surface area (Å²) in [7, 11) is 0. The maximum absolute atomic E-state index is 2.31. The Labute approximate surface area is 82.0 Å². The molecule has 13 heavy (non-hydrogen) atoms. The SMILES string of the molecule is Cc1ccc(C(C)C(C)C)c(C)c1. The van der Waals surface area contributed by atoms with Gasteiger partial charge in [0, 0.05) is 0 Å². The predicted molar refractivity (Wildman–Crippen MR) is 59.2 cm³/mol. The lowest BCUT2D eigenvalue weighted by atomic mass is 9.87. The van der Waals surface area contributed by atoms with E-state index in [9.17, 15) is 0 Å². The standard InChI is InChI=1S/C13H20/c1-9(2)12(5)13-7-6-10(3)8-11(13)4/h6-9,12H,1-5H3. The van der Waals surface area contributed by atoms with Crippen molar-refractivity contribution in [2.45, 2.75) is 40.5 Å². The molecule has 0 aliphatic heterocycles. The van der Waals surface area contributed by atoms with E-state index >= 15 is 0 Å². The molecule has 0 saturated carbocycles. The zero-order chi connectivity index (χ0) is 10.0. The van der Waals surface area contributed by atoms with Gasteiger partial charge in [-0.2, -0.15) is 0 Å². The Morgan fingerprint density at radius 2 is 1.62 bits per heavy atom. The molecule has 0 nitrogen and oxygen atoms in total. The Bertz CT molecular complexity index is 284. The van der Waals surface area contributed by atoms with E-state index in [1.54, 1.807) is 0 Å². The third-order valence-corrected chi connectivity index (χ3v) is 2.92. The fourth-order valence-electron chi connectivity index (χ4n) is 1.70. The van der Waals surface area contributed by atoms with Crippen molar-refractivity contribution in [1.29, 1.82) is 0 Å². The van der Waals surface area contributed by atoms with E-state index < -0.39 is 0 Å². The summed E-state index contributed by atoms with van der Waals surface area (Å²) in [4.78, 5) is 0. The molecule has 0 saturated heterocycles. The maximum atomic E-state index is 2.31. The number of rotatable bonds is 2. The first kappa shape index (κ1) is 10.3. The van der Waals surface area contributed by atoms with Crippen LogP contribution in [0.4, 0.5) is 0 Å². The van der Waals surface area contributed by atoms with Crippen LogP contribution in [0, 0.1) is 19.8 Å². The van der Waals surface area contributed by atoms with Crippen LogP contribution in [-0.4, -0.2) is 0 Å². The van der Waals surface area contributed by atoms with Crippen molar-refractivity contribution in [3.63, 3.8) is 0 Å². The van der Waals surface area contributed by atoms with Crippen LogP contribution in [0.2, 0.25) is 0 Å². The zero-order valence-electron chi connectivity index (χ0n) is 9.39. The van der Waals surface area contributed by atoms with Gasteiger partial charge in [0.15, 0.2) is 0 Å². The van der Waals surface area contributed by atoms with Crippen LogP contribution in [0.3, 0.4) is 0 Å². The molecule has 0 heterocycles. The molecule has 0 bridgehead atoms. The maximum Gasteiger partial charge on any atom is -0.0165 e. The smallest absolute Gasteiger partial charge is 0.0165 e. The monoisotopic (exact) mass is 176 g/mol.